The fourth-order valence-electron chi connectivity index (χ4n) is 4.40. The molecule has 1 aromatic heterocycles. The van der Waals surface area contributed by atoms with E-state index < -0.39 is 0 Å². The van der Waals surface area contributed by atoms with Gasteiger partial charge in [0.25, 0.3) is 0 Å². The normalized spacial score (nSPS) is 33.3. The molecule has 0 aromatic carbocycles. The first kappa shape index (κ1) is 14.8. The largest absolute Gasteiger partial charge is 0.351 e. The maximum absolute atomic E-state index is 12.3. The Hall–Kier alpha value is -1.10. The van der Waals surface area contributed by atoms with Gasteiger partial charge in [0.15, 0.2) is 0 Å². The molecule has 1 amide bonds. The number of carbonyl (C=O) groups is 1. The Kier molecular flexibility index (Phi) is 3.32. The first-order valence-corrected chi connectivity index (χ1v) is 8.58. The molecule has 3 atom stereocenters. The first-order chi connectivity index (χ1) is 9.75. The van der Waals surface area contributed by atoms with Crippen LogP contribution in [0.15, 0.2) is 10.2 Å². The van der Waals surface area contributed by atoms with Gasteiger partial charge < -0.3 is 5.32 Å². The average Bonchev–Trinajstić information content (AvgIpc) is 2.89. The summed E-state index contributed by atoms with van der Waals surface area (Å²) < 4.78 is 1.56. The summed E-state index contributed by atoms with van der Waals surface area (Å²) in [5, 5.41) is 5.01. The van der Waals surface area contributed by atoms with Gasteiger partial charge in [-0.25, -0.2) is 0 Å². The molecule has 3 rings (SSSR count). The van der Waals surface area contributed by atoms with Gasteiger partial charge in [0.2, 0.25) is 5.91 Å². The van der Waals surface area contributed by atoms with Crippen molar-refractivity contribution < 1.29 is 4.79 Å². The van der Waals surface area contributed by atoms with Crippen molar-refractivity contribution in [2.45, 2.75) is 59.5 Å². The molecule has 1 N–H and O–H groups in total. The number of rotatable bonds is 3. The van der Waals surface area contributed by atoms with Crippen LogP contribution in [0.2, 0.25) is 0 Å². The number of nitrogens with zero attached hydrogens (tertiary/aromatic N) is 1. The molecular formula is C16H24N2O2S. The minimum absolute atomic E-state index is 0.0341. The van der Waals surface area contributed by atoms with Gasteiger partial charge in [-0.15, -0.1) is 0 Å². The van der Waals surface area contributed by atoms with Crippen LogP contribution in [0, 0.1) is 23.7 Å². The summed E-state index contributed by atoms with van der Waals surface area (Å²) in [7, 11) is 0. The number of aryl methyl sites for hydroxylation is 1. The predicted molar refractivity (Wildman–Crippen MR) is 84.5 cm³/mol. The van der Waals surface area contributed by atoms with E-state index >= 15 is 0 Å². The smallest absolute Gasteiger partial charge is 0.307 e. The highest BCUT2D eigenvalue weighted by Gasteiger charge is 2.61. The zero-order valence-electron chi connectivity index (χ0n) is 13.2. The third kappa shape index (κ3) is 2.08. The van der Waals surface area contributed by atoms with Crippen LogP contribution in [0.4, 0.5) is 0 Å². The number of hydrogen-bond donors (Lipinski definition) is 1. The Morgan fingerprint density at radius 2 is 2.19 bits per heavy atom. The van der Waals surface area contributed by atoms with Crippen LogP contribution < -0.4 is 10.2 Å². The van der Waals surface area contributed by atoms with Crippen LogP contribution in [0.25, 0.3) is 0 Å². The molecule has 2 saturated carbocycles. The molecule has 0 unspecified atom stereocenters. The Morgan fingerprint density at radius 1 is 1.48 bits per heavy atom. The molecule has 5 heteroatoms. The predicted octanol–water partition coefficient (Wildman–Crippen LogP) is 2.55. The van der Waals surface area contributed by atoms with Crippen molar-refractivity contribution in [1.82, 2.24) is 9.88 Å². The molecule has 2 bridgehead atoms. The van der Waals surface area contributed by atoms with E-state index in [1.165, 1.54) is 12.8 Å². The second kappa shape index (κ2) is 4.70. The Labute approximate surface area is 129 Å². The third-order valence-electron chi connectivity index (χ3n) is 6.41. The van der Waals surface area contributed by atoms with Crippen molar-refractivity contribution in [3.63, 3.8) is 0 Å². The number of nitrogens with one attached hydrogen (secondary N) is 1. The molecule has 1 aromatic rings. The fourth-order valence-corrected chi connectivity index (χ4v) is 5.14. The minimum Gasteiger partial charge on any atom is -0.351 e. The average molecular weight is 308 g/mol. The lowest BCUT2D eigenvalue weighted by molar-refractivity contribution is -0.123. The van der Waals surface area contributed by atoms with Crippen molar-refractivity contribution in [1.29, 1.82) is 0 Å². The van der Waals surface area contributed by atoms with E-state index in [1.54, 1.807) is 9.95 Å². The van der Waals surface area contributed by atoms with Gasteiger partial charge in [0.1, 0.15) is 6.54 Å². The topological polar surface area (TPSA) is 51.1 Å². The lowest BCUT2D eigenvalue weighted by Gasteiger charge is -2.39. The Balaban J connectivity index is 1.71. The van der Waals surface area contributed by atoms with E-state index in [9.17, 15) is 9.59 Å². The highest BCUT2D eigenvalue weighted by atomic mass is 32.1. The van der Waals surface area contributed by atoms with Gasteiger partial charge in [0.05, 0.1) is 0 Å². The maximum atomic E-state index is 12.3. The fraction of sp³-hybridized carbons (Fsp3) is 0.750. The number of thiazole rings is 1. The standard InChI is InChI=1S/C16H24N2O2S/c1-10-9-21-14(20)18(10)8-13(19)17-12-7-11-5-6-16(12,4)15(11,2)3/h9,11-12H,5-8H2,1-4H3,(H,17,19)/t11-,12-,16-/m1/s1. The lowest BCUT2D eigenvalue weighted by Crippen LogP contribution is -2.48. The molecule has 4 nitrogen and oxygen atoms in total. The second-order valence-corrected chi connectivity index (χ2v) is 8.28. The number of hydrogen-bond acceptors (Lipinski definition) is 3. The summed E-state index contributed by atoms with van der Waals surface area (Å²) in [4.78, 5) is 24.0. The zero-order chi connectivity index (χ0) is 15.4. The highest BCUT2D eigenvalue weighted by molar-refractivity contribution is 7.07. The summed E-state index contributed by atoms with van der Waals surface area (Å²) in [6.45, 7) is 9.00. The number of carbonyl (C=O) groups excluding carboxylic acids is 1. The van der Waals surface area contributed by atoms with E-state index in [4.69, 9.17) is 0 Å². The molecule has 2 aliphatic rings. The summed E-state index contributed by atoms with van der Waals surface area (Å²) >= 11 is 1.15. The van der Waals surface area contributed by atoms with Crippen LogP contribution in [0.5, 0.6) is 0 Å². The Morgan fingerprint density at radius 3 is 2.67 bits per heavy atom. The van der Waals surface area contributed by atoms with Crippen molar-refractivity contribution in [3.8, 4) is 0 Å². The van der Waals surface area contributed by atoms with Gasteiger partial charge in [0, 0.05) is 17.1 Å². The van der Waals surface area contributed by atoms with Gasteiger partial charge >= 0.3 is 4.87 Å². The minimum atomic E-state index is -0.0536. The quantitative estimate of drug-likeness (QED) is 0.933. The maximum Gasteiger partial charge on any atom is 0.307 e. The molecule has 0 spiro atoms. The molecule has 0 aliphatic heterocycles. The van der Waals surface area contributed by atoms with Gasteiger partial charge in [-0.2, -0.15) is 0 Å². The molecule has 2 aliphatic carbocycles. The van der Waals surface area contributed by atoms with Gasteiger partial charge in [-0.3, -0.25) is 14.2 Å². The van der Waals surface area contributed by atoms with Crippen molar-refractivity contribution in [3.05, 3.63) is 20.7 Å². The van der Waals surface area contributed by atoms with Gasteiger partial charge in [-0.05, 0) is 42.9 Å². The van der Waals surface area contributed by atoms with Crippen LogP contribution in [-0.2, 0) is 11.3 Å². The highest BCUT2D eigenvalue weighted by Crippen LogP contribution is 2.65. The summed E-state index contributed by atoms with van der Waals surface area (Å²) in [5.41, 5.74) is 1.34. The summed E-state index contributed by atoms with van der Waals surface area (Å²) in [6.07, 6.45) is 3.54. The number of fused-ring (bicyclic) bond motifs is 2. The lowest BCUT2D eigenvalue weighted by atomic mass is 9.69. The molecule has 0 radical (unpaired) electrons. The Bertz CT molecular complexity index is 630. The molecule has 21 heavy (non-hydrogen) atoms. The third-order valence-corrected chi connectivity index (χ3v) is 7.29. The molecule has 116 valence electrons. The van der Waals surface area contributed by atoms with E-state index in [2.05, 4.69) is 26.1 Å². The van der Waals surface area contributed by atoms with Crippen LogP contribution in [-0.4, -0.2) is 16.5 Å². The van der Waals surface area contributed by atoms with Crippen molar-refractivity contribution in [2.24, 2.45) is 16.7 Å². The molecule has 2 fully saturated rings. The summed E-state index contributed by atoms with van der Waals surface area (Å²) in [5.74, 6) is 0.673. The van der Waals surface area contributed by atoms with Gasteiger partial charge in [-0.1, -0.05) is 32.1 Å². The van der Waals surface area contributed by atoms with Crippen molar-refractivity contribution in [2.75, 3.05) is 0 Å². The summed E-state index contributed by atoms with van der Waals surface area (Å²) in [6, 6.07) is 0.244. The van der Waals surface area contributed by atoms with Crippen LogP contribution in [0.1, 0.15) is 45.7 Å². The molecule has 0 saturated heterocycles. The van der Waals surface area contributed by atoms with E-state index in [0.717, 1.165) is 23.5 Å². The van der Waals surface area contributed by atoms with E-state index in [-0.39, 0.29) is 28.8 Å². The van der Waals surface area contributed by atoms with Crippen LogP contribution in [0.3, 0.4) is 0 Å². The van der Waals surface area contributed by atoms with Crippen molar-refractivity contribution >= 4 is 17.2 Å². The second-order valence-electron chi connectivity index (χ2n) is 7.46. The zero-order valence-corrected chi connectivity index (χ0v) is 14.0. The van der Waals surface area contributed by atoms with Crippen LogP contribution >= 0.6 is 11.3 Å². The molecule has 1 heterocycles. The monoisotopic (exact) mass is 308 g/mol. The SMILES string of the molecule is Cc1csc(=O)n1CC(=O)N[C@@H]1C[C@H]2CC[C@@]1(C)C2(C)C. The molecular weight excluding hydrogens is 284 g/mol. The number of aromatic nitrogens is 1. The van der Waals surface area contributed by atoms with E-state index in [0.29, 0.717) is 11.3 Å². The van der Waals surface area contributed by atoms with E-state index in [1.807, 2.05) is 6.92 Å². The first-order valence-electron chi connectivity index (χ1n) is 7.70. The number of amides is 1.